The van der Waals surface area contributed by atoms with Gasteiger partial charge in [-0.05, 0) is 57.2 Å². The Kier molecular flexibility index (Phi) is 11.7. The highest BCUT2D eigenvalue weighted by Gasteiger charge is 2.55. The Hall–Kier alpha value is -4.66. The van der Waals surface area contributed by atoms with Crippen molar-refractivity contribution in [3.05, 3.63) is 76.8 Å². The summed E-state index contributed by atoms with van der Waals surface area (Å²) in [5.41, 5.74) is -0.696. The van der Waals surface area contributed by atoms with Gasteiger partial charge in [-0.1, -0.05) is 63.2 Å². The van der Waals surface area contributed by atoms with Crippen molar-refractivity contribution in [3.63, 3.8) is 0 Å². The van der Waals surface area contributed by atoms with Crippen molar-refractivity contribution in [1.29, 1.82) is 0 Å². The molecule has 2 aliphatic heterocycles. The van der Waals surface area contributed by atoms with Gasteiger partial charge >= 0.3 is 18.4 Å². The van der Waals surface area contributed by atoms with Crippen LogP contribution in [0.15, 0.2) is 60.0 Å². The number of hydrogen-bond donors (Lipinski definition) is 1. The molecule has 0 bridgehead atoms. The Labute approximate surface area is 317 Å². The molecule has 0 radical (unpaired) electrons. The number of benzene rings is 2. The zero-order valence-electron chi connectivity index (χ0n) is 31.8. The molecule has 54 heavy (non-hydrogen) atoms. The number of carbonyl (C=O) groups excluding carboxylic acids is 4. The molecule has 0 aliphatic carbocycles. The first kappa shape index (κ1) is 40.5. The maximum Gasteiger partial charge on any atom is 0.416 e. The lowest BCUT2D eigenvalue weighted by molar-refractivity contribution is -0.141. The Balaban J connectivity index is 1.43. The van der Waals surface area contributed by atoms with Crippen molar-refractivity contribution in [2.24, 2.45) is 5.41 Å². The van der Waals surface area contributed by atoms with E-state index in [4.69, 9.17) is 14.5 Å². The van der Waals surface area contributed by atoms with Crippen molar-refractivity contribution in [2.75, 3.05) is 20.1 Å². The van der Waals surface area contributed by atoms with Crippen LogP contribution in [0.3, 0.4) is 0 Å². The molecule has 4 amide bonds. The SMILES string of the molecule is C[C@@H](C(=O)N[C@H](C(=O)N1CC[C@@H]2[C@H]1[C@@H](c1csc(-c3cccc(C(F)(F)F)c3)n1)CN2C(=O)OCc1ccccc1)C(C)(C)C)N(C)C(=O)OC(C)(C)C. The smallest absolute Gasteiger partial charge is 0.416 e. The second kappa shape index (κ2) is 15.6. The van der Waals surface area contributed by atoms with E-state index < -0.39 is 70.9 Å². The van der Waals surface area contributed by atoms with Crippen LogP contribution in [0.2, 0.25) is 0 Å². The van der Waals surface area contributed by atoms with Crippen molar-refractivity contribution in [2.45, 2.75) is 103 Å². The Bertz CT molecular complexity index is 1840. The molecule has 11 nitrogen and oxygen atoms in total. The molecule has 1 aromatic heterocycles. The average molecular weight is 772 g/mol. The van der Waals surface area contributed by atoms with Gasteiger partial charge in [0.2, 0.25) is 11.8 Å². The maximum absolute atomic E-state index is 14.7. The van der Waals surface area contributed by atoms with E-state index in [0.29, 0.717) is 22.7 Å². The predicted molar refractivity (Wildman–Crippen MR) is 197 cm³/mol. The molecule has 2 saturated heterocycles. The highest BCUT2D eigenvalue weighted by Crippen LogP contribution is 2.43. The van der Waals surface area contributed by atoms with E-state index in [1.54, 1.807) is 48.9 Å². The summed E-state index contributed by atoms with van der Waals surface area (Å²) in [6.07, 6.45) is -5.34. The second-order valence-corrected chi connectivity index (χ2v) is 16.8. The monoisotopic (exact) mass is 771 g/mol. The molecule has 292 valence electrons. The molecule has 2 aliphatic rings. The minimum Gasteiger partial charge on any atom is -0.445 e. The van der Waals surface area contributed by atoms with Crippen LogP contribution in [0.1, 0.15) is 77.6 Å². The van der Waals surface area contributed by atoms with Crippen LogP contribution in [0, 0.1) is 5.41 Å². The van der Waals surface area contributed by atoms with Gasteiger partial charge in [0.1, 0.15) is 29.3 Å². The summed E-state index contributed by atoms with van der Waals surface area (Å²) in [5.74, 6) is -1.42. The summed E-state index contributed by atoms with van der Waals surface area (Å²) in [6.45, 7) is 12.7. The van der Waals surface area contributed by atoms with Crippen molar-refractivity contribution < 1.29 is 41.8 Å². The highest BCUT2D eigenvalue weighted by atomic mass is 32.1. The summed E-state index contributed by atoms with van der Waals surface area (Å²) in [4.78, 5) is 63.9. The zero-order chi connectivity index (χ0) is 39.7. The van der Waals surface area contributed by atoms with Gasteiger partial charge < -0.3 is 24.6 Å². The first-order chi connectivity index (χ1) is 25.2. The van der Waals surface area contributed by atoms with E-state index in [1.165, 1.54) is 29.4 Å². The van der Waals surface area contributed by atoms with Crippen LogP contribution in [0.25, 0.3) is 10.6 Å². The highest BCUT2D eigenvalue weighted by molar-refractivity contribution is 7.13. The standard InChI is InChI=1S/C39H48F3N5O6S/c1-23(45(8)35(50)53-38(5,6)7)32(48)44-31(37(2,3)4)34(49)46-18-17-29-30(46)27(20-47(29)36(51)52-21-24-13-10-9-11-14-24)28-22-54-33(43-28)25-15-12-16-26(19-25)39(40,41)42/h9-16,19,22-23,27,29-31H,17-18,20-21H2,1-8H3,(H,44,48)/t23-,27+,29+,30+,31+/m0/s1. The normalized spacial score (nSPS) is 19.9. The lowest BCUT2D eigenvalue weighted by atomic mass is 9.85. The molecular formula is C39H48F3N5O6S. The van der Waals surface area contributed by atoms with Crippen molar-refractivity contribution in [3.8, 4) is 10.6 Å². The van der Waals surface area contributed by atoms with Crippen LogP contribution >= 0.6 is 11.3 Å². The van der Waals surface area contributed by atoms with E-state index in [9.17, 15) is 32.3 Å². The molecule has 2 aromatic carbocycles. The fraction of sp³-hybridized carbons (Fsp3) is 0.513. The number of nitrogens with one attached hydrogen (secondary N) is 1. The number of halogens is 3. The fourth-order valence-corrected chi connectivity index (χ4v) is 7.66. The van der Waals surface area contributed by atoms with E-state index in [0.717, 1.165) is 17.7 Å². The lowest BCUT2D eigenvalue weighted by Gasteiger charge is -2.37. The van der Waals surface area contributed by atoms with E-state index >= 15 is 0 Å². The molecule has 1 N–H and O–H groups in total. The van der Waals surface area contributed by atoms with Crippen LogP contribution in [0.5, 0.6) is 0 Å². The number of nitrogens with zero attached hydrogens (tertiary/aromatic N) is 4. The molecule has 3 heterocycles. The molecule has 5 rings (SSSR count). The molecule has 0 spiro atoms. The van der Waals surface area contributed by atoms with Crippen LogP contribution in [0.4, 0.5) is 22.8 Å². The van der Waals surface area contributed by atoms with Gasteiger partial charge in [-0.2, -0.15) is 13.2 Å². The van der Waals surface area contributed by atoms with Crippen LogP contribution in [-0.2, 0) is 31.8 Å². The molecule has 0 saturated carbocycles. The van der Waals surface area contributed by atoms with Crippen LogP contribution < -0.4 is 5.32 Å². The number of rotatable bonds is 8. The van der Waals surface area contributed by atoms with Crippen molar-refractivity contribution >= 4 is 35.3 Å². The molecule has 0 unspecified atom stereocenters. The number of alkyl halides is 3. The van der Waals surface area contributed by atoms with Gasteiger partial charge in [0.15, 0.2) is 0 Å². The Morgan fingerprint density at radius 2 is 1.69 bits per heavy atom. The third-order valence-electron chi connectivity index (χ3n) is 9.73. The van der Waals surface area contributed by atoms with Gasteiger partial charge in [-0.25, -0.2) is 14.6 Å². The summed E-state index contributed by atoms with van der Waals surface area (Å²) >= 11 is 1.18. The number of ether oxygens (including phenoxy) is 2. The predicted octanol–water partition coefficient (Wildman–Crippen LogP) is 7.32. The van der Waals surface area contributed by atoms with E-state index in [1.807, 2.05) is 51.1 Å². The van der Waals surface area contributed by atoms with Gasteiger partial charge in [-0.15, -0.1) is 11.3 Å². The average Bonchev–Trinajstić information content (AvgIpc) is 3.84. The molecule has 15 heteroatoms. The van der Waals surface area contributed by atoms with E-state index in [-0.39, 0.29) is 25.6 Å². The number of likely N-dealkylation sites (N-methyl/N-ethyl adjacent to an activating group) is 1. The third kappa shape index (κ3) is 9.16. The topological polar surface area (TPSA) is 121 Å². The number of fused-ring (bicyclic) bond motifs is 1. The van der Waals surface area contributed by atoms with Gasteiger partial charge in [0.25, 0.3) is 0 Å². The second-order valence-electron chi connectivity index (χ2n) is 15.9. The third-order valence-corrected chi connectivity index (χ3v) is 10.6. The zero-order valence-corrected chi connectivity index (χ0v) is 32.6. The van der Waals surface area contributed by atoms with E-state index in [2.05, 4.69) is 5.32 Å². The van der Waals surface area contributed by atoms with Gasteiger partial charge in [0, 0.05) is 37.0 Å². The summed E-state index contributed by atoms with van der Waals surface area (Å²) < 4.78 is 51.8. The number of likely N-dealkylation sites (tertiary alicyclic amines) is 2. The number of hydrogen-bond acceptors (Lipinski definition) is 8. The molecule has 3 aromatic rings. The maximum atomic E-state index is 14.7. The molecule has 2 fully saturated rings. The summed E-state index contributed by atoms with van der Waals surface area (Å²) in [7, 11) is 1.45. The van der Waals surface area contributed by atoms with Gasteiger partial charge in [-0.3, -0.25) is 14.5 Å². The molecule has 5 atom stereocenters. The largest absolute Gasteiger partial charge is 0.445 e. The number of thiazole rings is 1. The van der Waals surface area contributed by atoms with Crippen LogP contribution in [-0.4, -0.2) is 93.6 Å². The number of aromatic nitrogens is 1. The molecular weight excluding hydrogens is 724 g/mol. The lowest BCUT2D eigenvalue weighted by Crippen LogP contribution is -2.59. The summed E-state index contributed by atoms with van der Waals surface area (Å²) in [6, 6.07) is 11.2. The minimum atomic E-state index is -4.53. The van der Waals surface area contributed by atoms with Gasteiger partial charge in [0.05, 0.1) is 23.3 Å². The summed E-state index contributed by atoms with van der Waals surface area (Å²) in [5, 5.41) is 5.02. The number of carbonyl (C=O) groups is 4. The Morgan fingerprint density at radius 3 is 2.31 bits per heavy atom. The quantitative estimate of drug-likeness (QED) is 0.255. The first-order valence-corrected chi connectivity index (χ1v) is 18.7. The van der Waals surface area contributed by atoms with Crippen molar-refractivity contribution in [1.82, 2.24) is 25.0 Å². The first-order valence-electron chi connectivity index (χ1n) is 17.8. The minimum absolute atomic E-state index is 0.0469. The fourth-order valence-electron chi connectivity index (χ4n) is 6.78. The number of amides is 4. The Morgan fingerprint density at radius 1 is 1.00 bits per heavy atom.